The van der Waals surface area contributed by atoms with Gasteiger partial charge in [0.1, 0.15) is 5.82 Å². The van der Waals surface area contributed by atoms with Crippen LogP contribution in [-0.4, -0.2) is 0 Å². The topological polar surface area (TPSA) is 0 Å². The molecule has 0 amide bonds. The third kappa shape index (κ3) is 2.60. The summed E-state index contributed by atoms with van der Waals surface area (Å²) in [4.78, 5) is 0. The normalized spacial score (nSPS) is 17.5. The first kappa shape index (κ1) is 12.4. The fraction of sp³-hybridized carbons (Fsp3) is 0.176. The van der Waals surface area contributed by atoms with Crippen molar-refractivity contribution >= 4 is 0 Å². The van der Waals surface area contributed by atoms with Crippen molar-refractivity contribution in [1.82, 2.24) is 0 Å². The molecule has 1 heteroatoms. The van der Waals surface area contributed by atoms with Gasteiger partial charge in [0.15, 0.2) is 0 Å². The zero-order valence-corrected chi connectivity index (χ0v) is 10.6. The van der Waals surface area contributed by atoms with Gasteiger partial charge >= 0.3 is 0 Å². The number of allylic oxidation sites excluding steroid dienone is 5. The van der Waals surface area contributed by atoms with Crippen molar-refractivity contribution in [3.63, 3.8) is 0 Å². The number of halogens is 1. The van der Waals surface area contributed by atoms with Crippen LogP contribution >= 0.6 is 0 Å². The van der Waals surface area contributed by atoms with Gasteiger partial charge in [-0.15, -0.1) is 0 Å². The first-order valence-electron chi connectivity index (χ1n) is 5.89. The molecule has 0 saturated heterocycles. The van der Waals surface area contributed by atoms with Crippen LogP contribution in [0.1, 0.15) is 24.0 Å². The molecule has 0 N–H and O–H groups in total. The van der Waals surface area contributed by atoms with Crippen molar-refractivity contribution < 1.29 is 4.39 Å². The number of rotatable bonds is 2. The Labute approximate surface area is 108 Å². The summed E-state index contributed by atoms with van der Waals surface area (Å²) in [6, 6.07) is 5.27. The van der Waals surface area contributed by atoms with Crippen molar-refractivity contribution in [2.75, 3.05) is 0 Å². The molecule has 2 rings (SSSR count). The highest BCUT2D eigenvalue weighted by molar-refractivity contribution is 5.48. The van der Waals surface area contributed by atoms with Gasteiger partial charge in [-0.3, -0.25) is 0 Å². The molecule has 90 valence electrons. The summed E-state index contributed by atoms with van der Waals surface area (Å²) in [6.45, 7) is 7.60. The van der Waals surface area contributed by atoms with E-state index in [1.807, 2.05) is 31.2 Å². The summed E-state index contributed by atoms with van der Waals surface area (Å²) in [6.07, 6.45) is 5.83. The van der Waals surface area contributed by atoms with Gasteiger partial charge in [-0.25, -0.2) is 4.39 Å². The van der Waals surface area contributed by atoms with Crippen LogP contribution in [0.3, 0.4) is 0 Å². The maximum absolute atomic E-state index is 13.5. The lowest BCUT2D eigenvalue weighted by molar-refractivity contribution is 0.616. The average Bonchev–Trinajstić information content (AvgIpc) is 2.58. The highest BCUT2D eigenvalue weighted by Gasteiger charge is 2.09. The third-order valence-electron chi connectivity index (χ3n) is 2.98. The predicted octanol–water partition coefficient (Wildman–Crippen LogP) is 4.29. The largest absolute Gasteiger partial charge is 0.207 e. The van der Waals surface area contributed by atoms with Gasteiger partial charge in [0.2, 0.25) is 0 Å². The molecule has 0 heterocycles. The second-order valence-corrected chi connectivity index (χ2v) is 4.51. The highest BCUT2D eigenvalue weighted by atomic mass is 19.1. The van der Waals surface area contributed by atoms with E-state index in [-0.39, 0.29) is 11.7 Å². The Balaban J connectivity index is 2.31. The molecule has 1 aliphatic rings. The minimum absolute atomic E-state index is 0.0619. The van der Waals surface area contributed by atoms with Crippen LogP contribution < -0.4 is 0 Å². The summed E-state index contributed by atoms with van der Waals surface area (Å²) in [7, 11) is 0. The van der Waals surface area contributed by atoms with Gasteiger partial charge < -0.3 is 0 Å². The fourth-order valence-electron chi connectivity index (χ4n) is 1.77. The summed E-state index contributed by atoms with van der Waals surface area (Å²) in [5.41, 5.74) is 3.55. The van der Waals surface area contributed by atoms with E-state index in [4.69, 9.17) is 0 Å². The Bertz CT molecular complexity index is 606. The second-order valence-electron chi connectivity index (χ2n) is 4.51. The molecule has 18 heavy (non-hydrogen) atoms. The molecule has 1 aliphatic carbocycles. The van der Waals surface area contributed by atoms with Crippen LogP contribution in [0, 0.1) is 24.6 Å². The second kappa shape index (κ2) is 5.06. The van der Waals surface area contributed by atoms with E-state index < -0.39 is 0 Å². The fourth-order valence-corrected chi connectivity index (χ4v) is 1.77. The quantitative estimate of drug-likeness (QED) is 0.674. The molecule has 1 aromatic rings. The van der Waals surface area contributed by atoms with E-state index >= 15 is 0 Å². The molecule has 0 fully saturated rings. The number of aryl methyl sites for hydroxylation is 1. The van der Waals surface area contributed by atoms with Gasteiger partial charge in [-0.2, -0.15) is 0 Å². The van der Waals surface area contributed by atoms with Gasteiger partial charge in [0, 0.05) is 0 Å². The lowest BCUT2D eigenvalue weighted by Gasteiger charge is -2.07. The molecule has 1 atom stereocenters. The molecule has 0 aliphatic heterocycles. The first-order valence-corrected chi connectivity index (χ1v) is 5.89. The zero-order valence-electron chi connectivity index (χ0n) is 10.6. The minimum Gasteiger partial charge on any atom is -0.207 e. The van der Waals surface area contributed by atoms with E-state index in [1.54, 1.807) is 19.1 Å². The average molecular weight is 238 g/mol. The van der Waals surface area contributed by atoms with Crippen molar-refractivity contribution in [2.45, 2.75) is 19.8 Å². The minimum atomic E-state index is -0.181. The van der Waals surface area contributed by atoms with Crippen LogP contribution in [0.4, 0.5) is 4.39 Å². The Kier molecular flexibility index (Phi) is 3.48. The predicted molar refractivity (Wildman–Crippen MR) is 73.7 cm³/mol. The van der Waals surface area contributed by atoms with Crippen molar-refractivity contribution in [3.8, 4) is 11.8 Å². The molecule has 0 radical (unpaired) electrons. The van der Waals surface area contributed by atoms with Gasteiger partial charge in [-0.05, 0) is 42.7 Å². The molecule has 0 bridgehead atoms. The molecular weight excluding hydrogens is 223 g/mol. The monoisotopic (exact) mass is 238 g/mol. The number of hydrogen-bond donors (Lipinski definition) is 0. The summed E-state index contributed by atoms with van der Waals surface area (Å²) < 4.78 is 13.5. The lowest BCUT2D eigenvalue weighted by Crippen LogP contribution is -1.94. The standard InChI is InChI=1S/C17H15F/c1-12(2)14-5-4-6-15(10-9-14)16-8-7-13(3)17(18)11-16/h5,7-11,15H,1H2,2-3H3. The molecule has 0 spiro atoms. The van der Waals surface area contributed by atoms with E-state index in [9.17, 15) is 4.39 Å². The summed E-state index contributed by atoms with van der Waals surface area (Å²) in [5, 5.41) is 0. The van der Waals surface area contributed by atoms with Crippen molar-refractivity contribution in [1.29, 1.82) is 0 Å². The van der Waals surface area contributed by atoms with Crippen molar-refractivity contribution in [3.05, 3.63) is 71.1 Å². The SMILES string of the molecule is C=C(C)C1=CC#CC(c2ccc(C)c(F)c2)C=C1. The van der Waals surface area contributed by atoms with Crippen molar-refractivity contribution in [2.24, 2.45) is 0 Å². The molecule has 1 unspecified atom stereocenters. The first-order chi connectivity index (χ1) is 8.58. The number of benzene rings is 1. The maximum atomic E-state index is 13.5. The Hall–Kier alpha value is -2.07. The maximum Gasteiger partial charge on any atom is 0.126 e. The molecule has 0 nitrogen and oxygen atoms in total. The molecule has 1 aromatic carbocycles. The van der Waals surface area contributed by atoms with Gasteiger partial charge in [0.25, 0.3) is 0 Å². The molecule has 0 saturated carbocycles. The Morgan fingerprint density at radius 2 is 2.17 bits per heavy atom. The zero-order chi connectivity index (χ0) is 13.1. The Morgan fingerprint density at radius 1 is 1.39 bits per heavy atom. The van der Waals surface area contributed by atoms with Crippen LogP contribution in [0.15, 0.2) is 54.2 Å². The number of hydrogen-bond acceptors (Lipinski definition) is 0. The van der Waals surface area contributed by atoms with Gasteiger partial charge in [0.05, 0.1) is 5.92 Å². The highest BCUT2D eigenvalue weighted by Crippen LogP contribution is 2.22. The van der Waals surface area contributed by atoms with Crippen LogP contribution in [0.25, 0.3) is 0 Å². The Morgan fingerprint density at radius 3 is 2.83 bits per heavy atom. The third-order valence-corrected chi connectivity index (χ3v) is 2.98. The van der Waals surface area contributed by atoms with Crippen LogP contribution in [0.2, 0.25) is 0 Å². The van der Waals surface area contributed by atoms with E-state index in [0.29, 0.717) is 5.56 Å². The van der Waals surface area contributed by atoms with Crippen LogP contribution in [-0.2, 0) is 0 Å². The van der Waals surface area contributed by atoms with E-state index in [1.165, 1.54) is 0 Å². The molecular formula is C17H15F. The van der Waals surface area contributed by atoms with E-state index in [0.717, 1.165) is 16.7 Å². The molecule has 0 aromatic heterocycles. The smallest absolute Gasteiger partial charge is 0.126 e. The van der Waals surface area contributed by atoms with E-state index in [2.05, 4.69) is 18.4 Å². The lowest BCUT2D eigenvalue weighted by atomic mass is 9.97. The summed E-state index contributed by atoms with van der Waals surface area (Å²) >= 11 is 0. The van der Waals surface area contributed by atoms with Gasteiger partial charge in [-0.1, -0.05) is 48.3 Å². The summed E-state index contributed by atoms with van der Waals surface area (Å²) in [5.74, 6) is 5.87. The van der Waals surface area contributed by atoms with Crippen LogP contribution in [0.5, 0.6) is 0 Å².